The van der Waals surface area contributed by atoms with Gasteiger partial charge in [0.15, 0.2) is 0 Å². The van der Waals surface area contributed by atoms with Crippen LogP contribution in [0.2, 0.25) is 0 Å². The third-order valence-corrected chi connectivity index (χ3v) is 3.94. The number of benzene rings is 1. The average Bonchev–Trinajstić information content (AvgIpc) is 2.30. The molecule has 1 aliphatic heterocycles. The van der Waals surface area contributed by atoms with Gasteiger partial charge in [0.05, 0.1) is 0 Å². The lowest BCUT2D eigenvalue weighted by Gasteiger charge is -2.32. The van der Waals surface area contributed by atoms with Crippen molar-refractivity contribution >= 4 is 15.9 Å². The van der Waals surface area contributed by atoms with Gasteiger partial charge in [-0.25, -0.2) is 0 Å². The van der Waals surface area contributed by atoms with Crippen molar-refractivity contribution in [3.63, 3.8) is 0 Å². The van der Waals surface area contributed by atoms with Crippen molar-refractivity contribution in [1.29, 1.82) is 0 Å². The van der Waals surface area contributed by atoms with Crippen LogP contribution in [-0.2, 0) is 0 Å². The van der Waals surface area contributed by atoms with Crippen molar-refractivity contribution in [3.8, 4) is 0 Å². The quantitative estimate of drug-likeness (QED) is 0.863. The Morgan fingerprint density at radius 1 is 1.40 bits per heavy atom. The summed E-state index contributed by atoms with van der Waals surface area (Å²) in [5.41, 5.74) is 7.24. The smallest absolute Gasteiger partial charge is 0.0210 e. The van der Waals surface area contributed by atoms with E-state index in [-0.39, 0.29) is 0 Å². The van der Waals surface area contributed by atoms with E-state index in [1.165, 1.54) is 16.5 Å². The van der Waals surface area contributed by atoms with Gasteiger partial charge >= 0.3 is 0 Å². The Morgan fingerprint density at radius 2 is 2.20 bits per heavy atom. The second kappa shape index (κ2) is 5.10. The summed E-state index contributed by atoms with van der Waals surface area (Å²) in [5, 5.41) is 3.41. The third kappa shape index (κ3) is 2.41. The molecular weight excluding hydrogens is 252 g/mol. The lowest BCUT2D eigenvalue weighted by atomic mass is 9.81. The number of rotatable bonds is 2. The first-order valence-corrected chi connectivity index (χ1v) is 6.27. The molecule has 2 atom stereocenters. The van der Waals surface area contributed by atoms with Gasteiger partial charge in [-0.3, -0.25) is 0 Å². The first kappa shape index (κ1) is 11.1. The van der Waals surface area contributed by atoms with E-state index in [9.17, 15) is 0 Å². The van der Waals surface area contributed by atoms with Crippen molar-refractivity contribution in [2.75, 3.05) is 19.6 Å². The number of nitrogens with one attached hydrogen (secondary N) is 1. The largest absolute Gasteiger partial charge is 0.330 e. The Labute approximate surface area is 99.4 Å². The van der Waals surface area contributed by atoms with Gasteiger partial charge in [0.1, 0.15) is 0 Å². The molecule has 82 valence electrons. The predicted molar refractivity (Wildman–Crippen MR) is 66.9 cm³/mol. The molecule has 2 unspecified atom stereocenters. The minimum Gasteiger partial charge on any atom is -0.330 e. The lowest BCUT2D eigenvalue weighted by Crippen LogP contribution is -2.39. The maximum atomic E-state index is 5.83. The van der Waals surface area contributed by atoms with E-state index >= 15 is 0 Å². The summed E-state index contributed by atoms with van der Waals surface area (Å²) in [4.78, 5) is 0. The highest BCUT2D eigenvalue weighted by Gasteiger charge is 2.26. The summed E-state index contributed by atoms with van der Waals surface area (Å²) < 4.78 is 1.22. The van der Waals surface area contributed by atoms with Crippen molar-refractivity contribution in [2.45, 2.75) is 12.3 Å². The third-order valence-electron chi connectivity index (χ3n) is 3.22. The van der Waals surface area contributed by atoms with Crippen molar-refractivity contribution in [2.24, 2.45) is 11.7 Å². The summed E-state index contributed by atoms with van der Waals surface area (Å²) in [7, 11) is 0. The van der Waals surface area contributed by atoms with E-state index in [1.807, 2.05) is 0 Å². The molecule has 0 radical (unpaired) electrons. The molecule has 15 heavy (non-hydrogen) atoms. The maximum Gasteiger partial charge on any atom is 0.0210 e. The van der Waals surface area contributed by atoms with E-state index in [1.54, 1.807) is 0 Å². The van der Waals surface area contributed by atoms with Crippen LogP contribution in [0.1, 0.15) is 17.9 Å². The second-order valence-corrected chi connectivity index (χ2v) is 4.97. The fraction of sp³-hybridized carbons (Fsp3) is 0.500. The summed E-state index contributed by atoms with van der Waals surface area (Å²) in [6.45, 7) is 2.91. The fourth-order valence-electron chi connectivity index (χ4n) is 2.36. The molecule has 1 heterocycles. The molecule has 0 aromatic heterocycles. The van der Waals surface area contributed by atoms with Crippen molar-refractivity contribution in [3.05, 3.63) is 34.3 Å². The summed E-state index contributed by atoms with van der Waals surface area (Å²) in [6.07, 6.45) is 1.18. The molecule has 0 bridgehead atoms. The minimum atomic E-state index is 0.567. The van der Waals surface area contributed by atoms with E-state index < -0.39 is 0 Å². The SMILES string of the molecule is NCC1CNCCC1c1ccccc1Br. The molecule has 0 spiro atoms. The Morgan fingerprint density at radius 3 is 2.93 bits per heavy atom. The Balaban J connectivity index is 2.24. The zero-order valence-electron chi connectivity index (χ0n) is 8.75. The molecule has 1 saturated heterocycles. The van der Waals surface area contributed by atoms with E-state index in [0.29, 0.717) is 11.8 Å². The molecule has 3 N–H and O–H groups in total. The first-order valence-electron chi connectivity index (χ1n) is 5.48. The monoisotopic (exact) mass is 268 g/mol. The van der Waals surface area contributed by atoms with Crippen LogP contribution in [0, 0.1) is 5.92 Å². The van der Waals surface area contributed by atoms with Crippen LogP contribution in [0.5, 0.6) is 0 Å². The van der Waals surface area contributed by atoms with E-state index in [0.717, 1.165) is 19.6 Å². The molecular formula is C12H17BrN2. The number of piperidine rings is 1. The van der Waals surface area contributed by atoms with E-state index in [4.69, 9.17) is 5.73 Å². The first-order chi connectivity index (χ1) is 7.33. The highest BCUT2D eigenvalue weighted by atomic mass is 79.9. The molecule has 1 aliphatic rings. The van der Waals surface area contributed by atoms with Gasteiger partial charge in [-0.15, -0.1) is 0 Å². The average molecular weight is 269 g/mol. The molecule has 0 aliphatic carbocycles. The molecule has 1 aromatic carbocycles. The second-order valence-electron chi connectivity index (χ2n) is 4.12. The van der Waals surface area contributed by atoms with Gasteiger partial charge in [-0.05, 0) is 49.5 Å². The number of hydrogen-bond donors (Lipinski definition) is 2. The molecule has 0 saturated carbocycles. The van der Waals surface area contributed by atoms with Gasteiger partial charge < -0.3 is 11.1 Å². The minimum absolute atomic E-state index is 0.567. The fourth-order valence-corrected chi connectivity index (χ4v) is 2.93. The van der Waals surface area contributed by atoms with Crippen LogP contribution in [-0.4, -0.2) is 19.6 Å². The topological polar surface area (TPSA) is 38.0 Å². The van der Waals surface area contributed by atoms with Gasteiger partial charge in [0.2, 0.25) is 0 Å². The van der Waals surface area contributed by atoms with Crippen LogP contribution < -0.4 is 11.1 Å². The van der Waals surface area contributed by atoms with Gasteiger partial charge in [-0.1, -0.05) is 34.1 Å². The standard InChI is InChI=1S/C12H17BrN2/c13-12-4-2-1-3-11(12)10-5-6-15-8-9(10)7-14/h1-4,9-10,15H,5-8,14H2. The molecule has 1 fully saturated rings. The highest BCUT2D eigenvalue weighted by Crippen LogP contribution is 2.34. The lowest BCUT2D eigenvalue weighted by molar-refractivity contribution is 0.332. The molecule has 1 aromatic rings. The van der Waals surface area contributed by atoms with Gasteiger partial charge in [0, 0.05) is 4.47 Å². The molecule has 2 nitrogen and oxygen atoms in total. The van der Waals surface area contributed by atoms with Crippen molar-refractivity contribution in [1.82, 2.24) is 5.32 Å². The Bertz CT molecular complexity index is 327. The summed E-state index contributed by atoms with van der Waals surface area (Å²) in [6, 6.07) is 8.50. The molecule has 3 heteroatoms. The van der Waals surface area contributed by atoms with Crippen LogP contribution in [0.4, 0.5) is 0 Å². The number of hydrogen-bond acceptors (Lipinski definition) is 2. The van der Waals surface area contributed by atoms with Crippen LogP contribution in [0.15, 0.2) is 28.7 Å². The maximum absolute atomic E-state index is 5.83. The van der Waals surface area contributed by atoms with Gasteiger partial charge in [-0.2, -0.15) is 0 Å². The Hall–Kier alpha value is -0.380. The predicted octanol–water partition coefficient (Wildman–Crippen LogP) is 2.10. The normalized spacial score (nSPS) is 26.5. The van der Waals surface area contributed by atoms with E-state index in [2.05, 4.69) is 45.5 Å². The van der Waals surface area contributed by atoms with Crippen molar-refractivity contribution < 1.29 is 0 Å². The Kier molecular flexibility index (Phi) is 3.78. The van der Waals surface area contributed by atoms with Crippen LogP contribution >= 0.6 is 15.9 Å². The highest BCUT2D eigenvalue weighted by molar-refractivity contribution is 9.10. The zero-order chi connectivity index (χ0) is 10.7. The number of halogens is 1. The van der Waals surface area contributed by atoms with Crippen LogP contribution in [0.3, 0.4) is 0 Å². The molecule has 0 amide bonds. The summed E-state index contributed by atoms with van der Waals surface area (Å²) in [5.74, 6) is 1.17. The zero-order valence-corrected chi connectivity index (χ0v) is 10.3. The number of nitrogens with two attached hydrogens (primary N) is 1. The molecule has 2 rings (SSSR count). The summed E-state index contributed by atoms with van der Waals surface area (Å²) >= 11 is 3.63. The van der Waals surface area contributed by atoms with Crippen LogP contribution in [0.25, 0.3) is 0 Å². The van der Waals surface area contributed by atoms with Gasteiger partial charge in [0.25, 0.3) is 0 Å².